The Morgan fingerprint density at radius 3 is 2.44 bits per heavy atom. The van der Waals surface area contributed by atoms with Gasteiger partial charge in [-0.2, -0.15) is 5.10 Å². The number of aromatic nitrogens is 2. The summed E-state index contributed by atoms with van der Waals surface area (Å²) in [5.74, 6) is -1.14. The first-order valence-electron chi connectivity index (χ1n) is 11.6. The third-order valence-corrected chi connectivity index (χ3v) is 6.45. The minimum absolute atomic E-state index is 0.0542. The van der Waals surface area contributed by atoms with E-state index in [4.69, 9.17) is 0 Å². The molecular formula is C27H21N5O4. The summed E-state index contributed by atoms with van der Waals surface area (Å²) in [5.41, 5.74) is 5.20. The SMILES string of the molecule is O=C(O)c1ccc2c(c1)nc1n2Cc2cccc(c2)C2=NN(Cc3cccc(c3)C(=O)N1)C(=O)CC2. The molecule has 6 rings (SSSR count). The van der Waals surface area contributed by atoms with E-state index >= 15 is 0 Å². The number of benzene rings is 3. The Bertz CT molecular complexity index is 1600. The molecule has 9 nitrogen and oxygen atoms in total. The second-order valence-electron chi connectivity index (χ2n) is 8.88. The van der Waals surface area contributed by atoms with Crippen LogP contribution in [-0.2, 0) is 17.9 Å². The lowest BCUT2D eigenvalue weighted by molar-refractivity contribution is -0.132. The van der Waals surface area contributed by atoms with Crippen LogP contribution in [0, 0.1) is 0 Å². The van der Waals surface area contributed by atoms with Crippen molar-refractivity contribution in [2.75, 3.05) is 5.32 Å². The van der Waals surface area contributed by atoms with E-state index in [1.54, 1.807) is 24.3 Å². The Hall–Kier alpha value is -4.79. The van der Waals surface area contributed by atoms with Crippen LogP contribution in [0.1, 0.15) is 50.2 Å². The van der Waals surface area contributed by atoms with Crippen LogP contribution in [0.25, 0.3) is 11.0 Å². The molecule has 2 aliphatic heterocycles. The number of rotatable bonds is 1. The topological polar surface area (TPSA) is 117 Å². The van der Waals surface area contributed by atoms with Crippen LogP contribution in [0.5, 0.6) is 0 Å². The van der Waals surface area contributed by atoms with Gasteiger partial charge in [0.25, 0.3) is 5.91 Å². The van der Waals surface area contributed by atoms with Gasteiger partial charge in [0.1, 0.15) is 0 Å². The first-order chi connectivity index (χ1) is 17.4. The highest BCUT2D eigenvalue weighted by molar-refractivity contribution is 6.05. The van der Waals surface area contributed by atoms with Crippen LogP contribution < -0.4 is 5.32 Å². The van der Waals surface area contributed by atoms with E-state index in [0.717, 1.165) is 22.4 Å². The molecule has 36 heavy (non-hydrogen) atoms. The zero-order valence-corrected chi connectivity index (χ0v) is 19.1. The van der Waals surface area contributed by atoms with Gasteiger partial charge in [0.15, 0.2) is 0 Å². The third kappa shape index (κ3) is 3.90. The summed E-state index contributed by atoms with van der Waals surface area (Å²) in [5, 5.41) is 18.4. The maximum absolute atomic E-state index is 13.2. The number of nitrogens with one attached hydrogen (secondary N) is 1. The molecule has 0 fully saturated rings. The van der Waals surface area contributed by atoms with Crippen molar-refractivity contribution in [3.05, 3.63) is 94.5 Å². The fourth-order valence-corrected chi connectivity index (χ4v) is 4.64. The van der Waals surface area contributed by atoms with Gasteiger partial charge in [0.05, 0.1) is 35.4 Å². The highest BCUT2D eigenvalue weighted by Crippen LogP contribution is 2.25. The average molecular weight is 479 g/mol. The largest absolute Gasteiger partial charge is 0.478 e. The zero-order valence-electron chi connectivity index (χ0n) is 19.1. The Balaban J connectivity index is 1.53. The molecular weight excluding hydrogens is 458 g/mol. The van der Waals surface area contributed by atoms with E-state index in [1.165, 1.54) is 17.1 Å². The molecule has 1 aromatic heterocycles. The van der Waals surface area contributed by atoms with Gasteiger partial charge in [0, 0.05) is 18.4 Å². The van der Waals surface area contributed by atoms with Gasteiger partial charge in [-0.25, -0.2) is 14.8 Å². The lowest BCUT2D eigenvalue weighted by atomic mass is 10.0. The molecule has 2 amide bonds. The van der Waals surface area contributed by atoms with Crippen molar-refractivity contribution < 1.29 is 19.5 Å². The lowest BCUT2D eigenvalue weighted by Gasteiger charge is -2.24. The maximum Gasteiger partial charge on any atom is 0.335 e. The molecule has 9 heteroatoms. The summed E-state index contributed by atoms with van der Waals surface area (Å²) >= 11 is 0. The molecule has 4 aromatic rings. The minimum Gasteiger partial charge on any atom is -0.478 e. The van der Waals surface area contributed by atoms with Crippen LogP contribution in [-0.4, -0.2) is 43.2 Å². The summed E-state index contributed by atoms with van der Waals surface area (Å²) in [7, 11) is 0. The summed E-state index contributed by atoms with van der Waals surface area (Å²) < 4.78 is 1.86. The normalized spacial score (nSPS) is 15.4. The number of carbonyl (C=O) groups is 3. The van der Waals surface area contributed by atoms with Crippen LogP contribution in [0.4, 0.5) is 5.95 Å². The van der Waals surface area contributed by atoms with Crippen LogP contribution in [0.15, 0.2) is 71.8 Å². The molecule has 3 aromatic carbocycles. The number of carboxylic acids is 1. The van der Waals surface area contributed by atoms with Crippen molar-refractivity contribution >= 4 is 40.5 Å². The second-order valence-corrected chi connectivity index (χ2v) is 8.88. The van der Waals surface area contributed by atoms with E-state index in [9.17, 15) is 19.5 Å². The van der Waals surface area contributed by atoms with E-state index in [0.29, 0.717) is 41.9 Å². The molecule has 0 unspecified atom stereocenters. The predicted octanol–water partition coefficient (Wildman–Crippen LogP) is 3.88. The molecule has 6 bridgehead atoms. The molecule has 0 spiro atoms. The highest BCUT2D eigenvalue weighted by Gasteiger charge is 2.23. The number of carbonyl (C=O) groups excluding carboxylic acids is 2. The van der Waals surface area contributed by atoms with Gasteiger partial charge in [-0.05, 0) is 53.1 Å². The average Bonchev–Trinajstić information content (AvgIpc) is 3.21. The van der Waals surface area contributed by atoms with Crippen LogP contribution in [0.2, 0.25) is 0 Å². The Kier molecular flexibility index (Phi) is 5.10. The van der Waals surface area contributed by atoms with Crippen molar-refractivity contribution in [1.82, 2.24) is 14.6 Å². The van der Waals surface area contributed by atoms with E-state index < -0.39 is 5.97 Å². The Labute approximate surface area is 205 Å². The van der Waals surface area contributed by atoms with Crippen molar-refractivity contribution in [1.29, 1.82) is 0 Å². The van der Waals surface area contributed by atoms with E-state index in [1.807, 2.05) is 34.9 Å². The summed E-state index contributed by atoms with van der Waals surface area (Å²) in [6.45, 7) is 0.655. The lowest BCUT2D eigenvalue weighted by Crippen LogP contribution is -2.31. The molecule has 3 heterocycles. The van der Waals surface area contributed by atoms with Gasteiger partial charge in [0.2, 0.25) is 11.9 Å². The zero-order chi connectivity index (χ0) is 24.8. The molecule has 2 N–H and O–H groups in total. The van der Waals surface area contributed by atoms with Crippen molar-refractivity contribution in [2.24, 2.45) is 5.10 Å². The Morgan fingerprint density at radius 2 is 1.64 bits per heavy atom. The predicted molar refractivity (Wildman–Crippen MR) is 133 cm³/mol. The third-order valence-electron chi connectivity index (χ3n) is 6.45. The molecule has 0 atom stereocenters. The number of hydrogen-bond acceptors (Lipinski definition) is 5. The van der Waals surface area contributed by atoms with Crippen molar-refractivity contribution in [2.45, 2.75) is 25.9 Å². The fraction of sp³-hybridized carbons (Fsp3) is 0.148. The molecule has 0 radical (unpaired) electrons. The summed E-state index contributed by atoms with van der Waals surface area (Å²) in [4.78, 5) is 41.9. The van der Waals surface area contributed by atoms with Crippen LogP contribution in [0.3, 0.4) is 0 Å². The van der Waals surface area contributed by atoms with E-state index in [-0.39, 0.29) is 23.9 Å². The highest BCUT2D eigenvalue weighted by atomic mass is 16.4. The van der Waals surface area contributed by atoms with Gasteiger partial charge >= 0.3 is 5.97 Å². The van der Waals surface area contributed by atoms with E-state index in [2.05, 4.69) is 15.4 Å². The summed E-state index contributed by atoms with van der Waals surface area (Å²) in [6, 6.07) is 19.7. The molecule has 0 saturated carbocycles. The maximum atomic E-state index is 13.2. The van der Waals surface area contributed by atoms with Gasteiger partial charge in [-0.1, -0.05) is 30.3 Å². The van der Waals surface area contributed by atoms with Crippen molar-refractivity contribution in [3.63, 3.8) is 0 Å². The number of carboxylic acid groups (broad SMARTS) is 1. The number of hydrazone groups is 1. The number of aromatic carboxylic acids is 1. The number of amides is 2. The summed E-state index contributed by atoms with van der Waals surface area (Å²) in [6.07, 6.45) is 0.918. The molecule has 178 valence electrons. The number of fused-ring (bicyclic) bond motifs is 9. The number of hydrogen-bond donors (Lipinski definition) is 2. The van der Waals surface area contributed by atoms with Gasteiger partial charge in [-0.15, -0.1) is 0 Å². The number of imidazole rings is 1. The number of anilines is 1. The standard InChI is InChI=1S/C27H21N5O4/c33-24-10-8-21-18-5-1-3-16(11-18)14-31-23-9-7-20(26(35)36)13-22(23)28-27(31)29-25(34)19-6-2-4-17(12-19)15-32(24)30-21/h1-7,9,11-13H,8,10,14-15H2,(H,35,36)(H,28,29,34). The first-order valence-corrected chi connectivity index (χ1v) is 11.6. The first kappa shape index (κ1) is 21.7. The molecule has 2 aliphatic rings. The Morgan fingerprint density at radius 1 is 0.889 bits per heavy atom. The fourth-order valence-electron chi connectivity index (χ4n) is 4.64. The molecule has 0 aliphatic carbocycles. The quantitative estimate of drug-likeness (QED) is 0.430. The second kappa shape index (κ2) is 8.46. The van der Waals surface area contributed by atoms with Gasteiger partial charge in [-0.3, -0.25) is 14.9 Å². The minimum atomic E-state index is -1.04. The monoisotopic (exact) mass is 479 g/mol. The van der Waals surface area contributed by atoms with Gasteiger partial charge < -0.3 is 9.67 Å². The van der Waals surface area contributed by atoms with Crippen molar-refractivity contribution in [3.8, 4) is 0 Å². The molecule has 0 saturated heterocycles. The number of nitrogens with zero attached hydrogens (tertiary/aromatic N) is 4. The smallest absolute Gasteiger partial charge is 0.335 e. The van der Waals surface area contributed by atoms with Crippen LogP contribution >= 0.6 is 0 Å².